The standard InChI is InChI=1S/C16H18O8/c17-6-11-12(20)13(21)14(22)16(23-11)24-15-8-4-2-1-3-7(8)9(18)5-10(15)19/h1-5,11-14,16-22H,6H2/t11-,12-,13+,14-,16+/m1/s1. The Bertz CT molecular complexity index is 731. The van der Waals surface area contributed by atoms with E-state index in [0.717, 1.165) is 6.07 Å². The Morgan fingerprint density at radius 2 is 1.58 bits per heavy atom. The normalized spacial score (nSPS) is 30.4. The Balaban J connectivity index is 1.97. The minimum Gasteiger partial charge on any atom is -0.507 e. The van der Waals surface area contributed by atoms with Crippen LogP contribution in [0.15, 0.2) is 30.3 Å². The number of rotatable bonds is 3. The van der Waals surface area contributed by atoms with Gasteiger partial charge in [0.15, 0.2) is 11.5 Å². The molecule has 8 heteroatoms. The van der Waals surface area contributed by atoms with E-state index < -0.39 is 37.3 Å². The Kier molecular flexibility index (Phi) is 4.48. The number of phenols is 2. The maximum Gasteiger partial charge on any atom is 0.229 e. The summed E-state index contributed by atoms with van der Waals surface area (Å²) >= 11 is 0. The summed E-state index contributed by atoms with van der Waals surface area (Å²) < 4.78 is 10.8. The summed E-state index contributed by atoms with van der Waals surface area (Å²) in [5, 5.41) is 59.5. The molecule has 0 saturated carbocycles. The summed E-state index contributed by atoms with van der Waals surface area (Å²) in [7, 11) is 0. The molecule has 0 amide bonds. The van der Waals surface area contributed by atoms with E-state index in [9.17, 15) is 30.6 Å². The number of benzene rings is 2. The lowest BCUT2D eigenvalue weighted by Gasteiger charge is -2.39. The van der Waals surface area contributed by atoms with Crippen molar-refractivity contribution in [2.75, 3.05) is 6.61 Å². The summed E-state index contributed by atoms with van der Waals surface area (Å²) in [4.78, 5) is 0. The summed E-state index contributed by atoms with van der Waals surface area (Å²) in [6.45, 7) is -0.590. The third-order valence-corrected chi connectivity index (χ3v) is 4.04. The topological polar surface area (TPSA) is 140 Å². The fraction of sp³-hybridized carbons (Fsp3) is 0.375. The number of ether oxygens (including phenoxy) is 2. The number of aliphatic hydroxyl groups excluding tert-OH is 4. The van der Waals surface area contributed by atoms with Crippen molar-refractivity contribution in [3.63, 3.8) is 0 Å². The van der Waals surface area contributed by atoms with Gasteiger partial charge in [-0.15, -0.1) is 0 Å². The van der Waals surface area contributed by atoms with Crippen LogP contribution in [0.25, 0.3) is 10.8 Å². The van der Waals surface area contributed by atoms with Gasteiger partial charge in [0.05, 0.1) is 6.61 Å². The highest BCUT2D eigenvalue weighted by Gasteiger charge is 2.45. The van der Waals surface area contributed by atoms with Crippen molar-refractivity contribution < 1.29 is 40.1 Å². The van der Waals surface area contributed by atoms with Crippen molar-refractivity contribution in [1.82, 2.24) is 0 Å². The molecule has 130 valence electrons. The van der Waals surface area contributed by atoms with Crippen LogP contribution in [0.2, 0.25) is 0 Å². The van der Waals surface area contributed by atoms with Crippen molar-refractivity contribution in [3.05, 3.63) is 30.3 Å². The van der Waals surface area contributed by atoms with Gasteiger partial charge < -0.3 is 40.1 Å². The van der Waals surface area contributed by atoms with E-state index >= 15 is 0 Å². The van der Waals surface area contributed by atoms with Crippen LogP contribution in [0.1, 0.15) is 0 Å². The molecule has 0 unspecified atom stereocenters. The molecule has 0 bridgehead atoms. The quantitative estimate of drug-likeness (QED) is 0.437. The predicted octanol–water partition coefficient (Wildman–Crippen LogP) is -0.570. The van der Waals surface area contributed by atoms with Crippen LogP contribution in [0.3, 0.4) is 0 Å². The first-order valence-corrected chi connectivity index (χ1v) is 7.35. The molecular weight excluding hydrogens is 320 g/mol. The van der Waals surface area contributed by atoms with Gasteiger partial charge in [0.25, 0.3) is 0 Å². The van der Waals surface area contributed by atoms with Crippen LogP contribution >= 0.6 is 0 Å². The van der Waals surface area contributed by atoms with Crippen molar-refractivity contribution in [1.29, 1.82) is 0 Å². The van der Waals surface area contributed by atoms with Gasteiger partial charge in [-0.05, 0) is 0 Å². The molecule has 24 heavy (non-hydrogen) atoms. The number of hydrogen-bond acceptors (Lipinski definition) is 8. The lowest BCUT2D eigenvalue weighted by Crippen LogP contribution is -2.60. The molecule has 8 nitrogen and oxygen atoms in total. The molecule has 5 atom stereocenters. The average Bonchev–Trinajstić information content (AvgIpc) is 2.58. The minimum absolute atomic E-state index is 0.0623. The van der Waals surface area contributed by atoms with Crippen molar-refractivity contribution in [2.24, 2.45) is 0 Å². The summed E-state index contributed by atoms with van der Waals surface area (Å²) in [6.07, 6.45) is -7.26. The highest BCUT2D eigenvalue weighted by atomic mass is 16.7. The number of aromatic hydroxyl groups is 2. The van der Waals surface area contributed by atoms with E-state index in [1.54, 1.807) is 24.3 Å². The van der Waals surface area contributed by atoms with Crippen LogP contribution in [-0.4, -0.2) is 68.0 Å². The monoisotopic (exact) mass is 338 g/mol. The van der Waals surface area contributed by atoms with Crippen LogP contribution in [-0.2, 0) is 4.74 Å². The lowest BCUT2D eigenvalue weighted by atomic mass is 9.99. The molecule has 6 N–H and O–H groups in total. The number of fused-ring (bicyclic) bond motifs is 1. The highest BCUT2D eigenvalue weighted by molar-refractivity contribution is 5.95. The Labute approximate surface area is 136 Å². The van der Waals surface area contributed by atoms with E-state index in [1.807, 2.05) is 0 Å². The molecule has 0 radical (unpaired) electrons. The molecule has 1 aliphatic heterocycles. The molecule has 0 aliphatic carbocycles. The maximum absolute atomic E-state index is 10.1. The van der Waals surface area contributed by atoms with Gasteiger partial charge in [-0.2, -0.15) is 0 Å². The number of aliphatic hydroxyl groups is 4. The van der Waals surface area contributed by atoms with Crippen molar-refractivity contribution in [3.8, 4) is 17.2 Å². The Morgan fingerprint density at radius 1 is 0.917 bits per heavy atom. The Hall–Kier alpha value is -2.10. The van der Waals surface area contributed by atoms with Gasteiger partial charge in [-0.1, -0.05) is 24.3 Å². The predicted molar refractivity (Wildman–Crippen MR) is 81.7 cm³/mol. The highest BCUT2D eigenvalue weighted by Crippen LogP contribution is 2.41. The van der Waals surface area contributed by atoms with Crippen molar-refractivity contribution in [2.45, 2.75) is 30.7 Å². The second-order valence-corrected chi connectivity index (χ2v) is 5.60. The third kappa shape index (κ3) is 2.74. The molecule has 2 aromatic rings. The fourth-order valence-electron chi connectivity index (χ4n) is 2.72. The molecular formula is C16H18O8. The van der Waals surface area contributed by atoms with Crippen LogP contribution in [0, 0.1) is 0 Å². The molecule has 1 saturated heterocycles. The van der Waals surface area contributed by atoms with E-state index in [0.29, 0.717) is 10.8 Å². The third-order valence-electron chi connectivity index (χ3n) is 4.04. The van der Waals surface area contributed by atoms with Gasteiger partial charge in [0.2, 0.25) is 6.29 Å². The average molecular weight is 338 g/mol. The van der Waals surface area contributed by atoms with Gasteiger partial charge in [0, 0.05) is 16.8 Å². The van der Waals surface area contributed by atoms with Crippen molar-refractivity contribution >= 4 is 10.8 Å². The largest absolute Gasteiger partial charge is 0.507 e. The maximum atomic E-state index is 10.1. The number of phenolic OH excluding ortho intramolecular Hbond substituents is 2. The SMILES string of the molecule is OC[C@H]1O[C@@H](Oc2c(O)cc(O)c3ccccc23)[C@H](O)[C@@H](O)[C@@H]1O. The van der Waals surface area contributed by atoms with Crippen LogP contribution in [0.4, 0.5) is 0 Å². The van der Waals surface area contributed by atoms with E-state index in [1.165, 1.54) is 0 Å². The number of hydrogen-bond donors (Lipinski definition) is 6. The van der Waals surface area contributed by atoms with E-state index in [-0.39, 0.29) is 17.2 Å². The summed E-state index contributed by atoms with van der Waals surface area (Å²) in [5.41, 5.74) is 0. The Morgan fingerprint density at radius 3 is 2.25 bits per heavy atom. The lowest BCUT2D eigenvalue weighted by molar-refractivity contribution is -0.277. The first kappa shape index (κ1) is 16.7. The second kappa shape index (κ2) is 6.42. The first-order chi connectivity index (χ1) is 11.4. The zero-order valence-corrected chi connectivity index (χ0v) is 12.5. The van der Waals surface area contributed by atoms with Crippen LogP contribution in [0.5, 0.6) is 17.2 Å². The van der Waals surface area contributed by atoms with E-state index in [2.05, 4.69) is 0 Å². The second-order valence-electron chi connectivity index (χ2n) is 5.60. The van der Waals surface area contributed by atoms with E-state index in [4.69, 9.17) is 9.47 Å². The smallest absolute Gasteiger partial charge is 0.229 e. The molecule has 3 rings (SSSR count). The minimum atomic E-state index is -1.60. The molecule has 1 fully saturated rings. The van der Waals surface area contributed by atoms with Gasteiger partial charge in [0.1, 0.15) is 30.2 Å². The summed E-state index contributed by atoms with van der Waals surface area (Å²) in [5.74, 6) is -0.597. The van der Waals surface area contributed by atoms with Gasteiger partial charge in [-0.25, -0.2) is 0 Å². The molecule has 1 aliphatic rings. The molecule has 0 aromatic heterocycles. The van der Waals surface area contributed by atoms with Crippen LogP contribution < -0.4 is 4.74 Å². The molecule has 0 spiro atoms. The van der Waals surface area contributed by atoms with Gasteiger partial charge >= 0.3 is 0 Å². The molecule has 1 heterocycles. The van der Waals surface area contributed by atoms with Gasteiger partial charge in [-0.3, -0.25) is 0 Å². The first-order valence-electron chi connectivity index (χ1n) is 7.35. The molecule has 2 aromatic carbocycles. The fourth-order valence-corrected chi connectivity index (χ4v) is 2.72. The zero-order chi connectivity index (χ0) is 17.4. The summed E-state index contributed by atoms with van der Waals surface area (Å²) in [6, 6.07) is 7.65. The zero-order valence-electron chi connectivity index (χ0n) is 12.5.